The van der Waals surface area contributed by atoms with E-state index < -0.39 is 22.8 Å². The van der Waals surface area contributed by atoms with Crippen LogP contribution in [0.4, 0.5) is 5.69 Å². The van der Waals surface area contributed by atoms with Crippen molar-refractivity contribution in [2.45, 2.75) is 87.5 Å². The number of rotatable bonds is 3. The third-order valence-electron chi connectivity index (χ3n) is 13.3. The first-order valence-electron chi connectivity index (χ1n) is 18.9. The molecule has 2 fully saturated rings. The molecule has 288 valence electrons. The van der Waals surface area contributed by atoms with Crippen LogP contribution in [0.5, 0.6) is 34.5 Å². The molecule has 55 heavy (non-hydrogen) atoms. The summed E-state index contributed by atoms with van der Waals surface area (Å²) in [6, 6.07) is 4.93. The summed E-state index contributed by atoms with van der Waals surface area (Å²) in [6.45, 7) is 10.1. The number of carbonyl (C=O) groups excluding carboxylic acids is 2. The van der Waals surface area contributed by atoms with Crippen molar-refractivity contribution in [2.75, 3.05) is 45.7 Å². The lowest BCUT2D eigenvalue weighted by Crippen LogP contribution is -2.72. The van der Waals surface area contributed by atoms with Crippen LogP contribution in [-0.2, 0) is 19.9 Å². The molecule has 13 nitrogen and oxygen atoms in total. The highest BCUT2D eigenvalue weighted by Crippen LogP contribution is 2.66. The number of benzene rings is 3. The van der Waals surface area contributed by atoms with Crippen LogP contribution >= 0.6 is 11.8 Å². The van der Waals surface area contributed by atoms with Crippen molar-refractivity contribution in [3.05, 3.63) is 62.7 Å². The average Bonchev–Trinajstić information content (AvgIpc) is 3.64. The molecule has 1 spiro atoms. The molecule has 14 heteroatoms. The molecule has 8 aliphatic heterocycles. The summed E-state index contributed by atoms with van der Waals surface area (Å²) < 4.78 is 39.1. The van der Waals surface area contributed by atoms with Crippen LogP contribution in [0.1, 0.15) is 94.4 Å². The zero-order valence-corrected chi connectivity index (χ0v) is 32.7. The molecule has 8 heterocycles. The number of anilines is 1. The van der Waals surface area contributed by atoms with Crippen LogP contribution in [0.15, 0.2) is 18.2 Å². The highest BCUT2D eigenvalue weighted by molar-refractivity contribution is 7.99. The summed E-state index contributed by atoms with van der Waals surface area (Å²) in [5, 5.41) is 15.3. The fraction of sp³-hybridized carbons (Fsp3) is 0.488. The van der Waals surface area contributed by atoms with Crippen molar-refractivity contribution in [3.8, 4) is 34.5 Å². The van der Waals surface area contributed by atoms with E-state index >= 15 is 0 Å². The van der Waals surface area contributed by atoms with E-state index in [1.54, 1.807) is 26.0 Å². The number of phenolic OH excluding ortho intramolecular Hbond substituents is 1. The predicted octanol–water partition coefficient (Wildman–Crippen LogP) is 4.63. The molecule has 3 aromatic carbocycles. The lowest BCUT2D eigenvalue weighted by Gasteiger charge is -2.60. The minimum Gasteiger partial charge on any atom is -0.504 e. The Morgan fingerprint density at radius 1 is 1.05 bits per heavy atom. The first-order chi connectivity index (χ1) is 26.4. The van der Waals surface area contributed by atoms with E-state index in [1.165, 1.54) is 6.92 Å². The van der Waals surface area contributed by atoms with Gasteiger partial charge in [-0.1, -0.05) is 13.0 Å². The molecule has 0 radical (unpaired) electrons. The van der Waals surface area contributed by atoms with Gasteiger partial charge >= 0.3 is 11.9 Å². The molecule has 0 aromatic heterocycles. The Morgan fingerprint density at radius 3 is 2.58 bits per heavy atom. The predicted molar refractivity (Wildman–Crippen MR) is 203 cm³/mol. The van der Waals surface area contributed by atoms with E-state index in [4.69, 9.17) is 34.2 Å². The number of nitrogens with two attached hydrogens (primary N) is 1. The number of aromatic hydroxyl groups is 1. The summed E-state index contributed by atoms with van der Waals surface area (Å²) in [4.78, 5) is 30.3. The molecule has 6 bridgehead atoms. The maximum atomic E-state index is 14.9. The van der Waals surface area contributed by atoms with Crippen molar-refractivity contribution in [1.29, 1.82) is 0 Å². The highest BCUT2D eigenvalue weighted by atomic mass is 32.2. The minimum atomic E-state index is -1.26. The fourth-order valence-corrected chi connectivity index (χ4v) is 12.7. The van der Waals surface area contributed by atoms with Gasteiger partial charge in [0.15, 0.2) is 46.8 Å². The first-order valence-corrected chi connectivity index (χ1v) is 19.9. The SMILES string of the molecule is COc1cc2c(cc1N)[C@H](C)CN[C@]21CS[C@@H]2c3c(OC(C)=O)c(C)c4c(c3[C@H](COC1=O)N1[C@@H]2[C@H]2c3c(cc(C)c(OC)c3O)C3C=[N+]2[C@@H]3[C@@H]1C)OCO4. The van der Waals surface area contributed by atoms with E-state index in [2.05, 4.69) is 40.9 Å². The Morgan fingerprint density at radius 2 is 1.84 bits per heavy atom. The van der Waals surface area contributed by atoms with Gasteiger partial charge in [0, 0.05) is 35.9 Å². The zero-order valence-electron chi connectivity index (χ0n) is 31.8. The number of hydrogen-bond acceptors (Lipinski definition) is 13. The number of ether oxygens (including phenoxy) is 6. The Labute approximate surface area is 323 Å². The maximum absolute atomic E-state index is 14.9. The lowest BCUT2D eigenvalue weighted by molar-refractivity contribution is -0.664. The van der Waals surface area contributed by atoms with E-state index in [1.807, 2.05) is 26.0 Å². The van der Waals surface area contributed by atoms with Gasteiger partial charge in [-0.3, -0.25) is 15.0 Å². The lowest BCUT2D eigenvalue weighted by atomic mass is 9.65. The topological polar surface area (TPSA) is 154 Å². The van der Waals surface area contributed by atoms with Crippen molar-refractivity contribution >= 4 is 35.6 Å². The van der Waals surface area contributed by atoms with Crippen molar-refractivity contribution in [3.63, 3.8) is 0 Å². The molecule has 8 aliphatic rings. The maximum Gasteiger partial charge on any atom is 0.331 e. The van der Waals surface area contributed by atoms with Gasteiger partial charge in [0.1, 0.15) is 24.0 Å². The van der Waals surface area contributed by atoms with Gasteiger partial charge in [-0.05, 0) is 61.1 Å². The fourth-order valence-electron chi connectivity index (χ4n) is 11.0. The molecule has 4 N–H and O–H groups in total. The largest absolute Gasteiger partial charge is 0.504 e. The summed E-state index contributed by atoms with van der Waals surface area (Å²) >= 11 is 1.61. The second kappa shape index (κ2) is 11.9. The monoisotopic (exact) mass is 769 g/mol. The molecule has 0 amide bonds. The van der Waals surface area contributed by atoms with Crippen LogP contribution in [0.25, 0.3) is 0 Å². The Hall–Kier alpha value is -4.66. The summed E-state index contributed by atoms with van der Waals surface area (Å²) in [6.07, 6.45) is 2.30. The number of fused-ring (bicyclic) bond motifs is 8. The van der Waals surface area contributed by atoms with E-state index in [9.17, 15) is 14.7 Å². The van der Waals surface area contributed by atoms with E-state index in [0.717, 1.165) is 38.9 Å². The van der Waals surface area contributed by atoms with Crippen LogP contribution in [0.2, 0.25) is 0 Å². The van der Waals surface area contributed by atoms with Gasteiger partial charge in [0.25, 0.3) is 0 Å². The number of methoxy groups -OCH3 is 2. The number of hydrogen-bond donors (Lipinski definition) is 3. The minimum absolute atomic E-state index is 0.00721. The molecule has 9 atom stereocenters. The number of carbonyl (C=O) groups is 2. The van der Waals surface area contributed by atoms with Crippen LogP contribution in [-0.4, -0.2) is 90.8 Å². The Balaban J connectivity index is 1.24. The molecule has 2 saturated heterocycles. The number of nitrogen functional groups attached to an aromatic ring is 1. The van der Waals surface area contributed by atoms with Crippen LogP contribution in [0.3, 0.4) is 0 Å². The third-order valence-corrected chi connectivity index (χ3v) is 14.8. The smallest absolute Gasteiger partial charge is 0.331 e. The molecule has 1 unspecified atom stereocenters. The van der Waals surface area contributed by atoms with Crippen molar-refractivity contribution in [1.82, 2.24) is 10.2 Å². The quantitative estimate of drug-likeness (QED) is 0.147. The number of thioether (sulfide) groups is 1. The van der Waals surface area contributed by atoms with Crippen molar-refractivity contribution in [2.24, 2.45) is 0 Å². The number of phenols is 1. The number of esters is 2. The zero-order chi connectivity index (χ0) is 38.4. The van der Waals surface area contributed by atoms with Gasteiger partial charge in [-0.25, -0.2) is 9.37 Å². The third kappa shape index (κ3) is 4.41. The van der Waals surface area contributed by atoms with Crippen LogP contribution in [0, 0.1) is 13.8 Å². The number of aryl methyl sites for hydroxylation is 1. The Kier molecular flexibility index (Phi) is 7.54. The molecular formula is C41H45N4O9S+. The second-order valence-corrected chi connectivity index (χ2v) is 17.1. The summed E-state index contributed by atoms with van der Waals surface area (Å²) in [7, 11) is 3.16. The summed E-state index contributed by atoms with van der Waals surface area (Å²) in [5.74, 6) is 2.18. The van der Waals surface area contributed by atoms with Gasteiger partial charge in [-0.2, -0.15) is 0 Å². The molecule has 0 aliphatic carbocycles. The molecule has 3 aromatic rings. The van der Waals surface area contributed by atoms with E-state index in [-0.39, 0.29) is 66.9 Å². The van der Waals surface area contributed by atoms with Gasteiger partial charge in [-0.15, -0.1) is 11.8 Å². The van der Waals surface area contributed by atoms with Crippen LogP contribution < -0.4 is 34.7 Å². The first kappa shape index (κ1) is 34.8. The number of nitrogens with zero attached hydrogens (tertiary/aromatic N) is 2. The molecule has 0 saturated carbocycles. The van der Waals surface area contributed by atoms with Gasteiger partial charge in [0.05, 0.1) is 48.8 Å². The van der Waals surface area contributed by atoms with Gasteiger partial charge < -0.3 is 39.3 Å². The standard InChI is InChI=1S/C41H44N4O9S/c1-16-8-22-23-12-44-31(23)19(4)45-26-13-51-40(48)41(24-10-27(49-6)25(42)9-21(24)17(2)11-43-41)14-55-39(33(45)32(44)28(22)34(47)35(16)50-7)30-29(26)38-37(52-15-53-38)18(3)36(30)54-20(5)46/h8-10,12,17,19,23,26,31-33,39,43H,11,13-15,42H2,1-7H3/p+1/t17-,19+,23?,26+,31-,32-,33-,39-,41-/m1/s1. The van der Waals surface area contributed by atoms with E-state index in [0.29, 0.717) is 46.5 Å². The number of nitrogens with one attached hydrogen (secondary N) is 1. The normalized spacial score (nSPS) is 31.9. The second-order valence-electron chi connectivity index (χ2n) is 16.0. The summed E-state index contributed by atoms with van der Waals surface area (Å²) in [5.41, 5.74) is 12.5. The van der Waals surface area contributed by atoms with Gasteiger partial charge in [0.2, 0.25) is 6.79 Å². The Bertz CT molecular complexity index is 2280. The number of piperazine rings is 1. The average molecular weight is 770 g/mol. The van der Waals surface area contributed by atoms with Crippen molar-refractivity contribution < 1.29 is 47.7 Å². The molecule has 11 rings (SSSR count). The highest BCUT2D eigenvalue weighted by Gasteiger charge is 2.69. The molecular weight excluding hydrogens is 725 g/mol.